The van der Waals surface area contributed by atoms with Crippen LogP contribution in [0.3, 0.4) is 0 Å². The third kappa shape index (κ3) is 3.90. The van der Waals surface area contributed by atoms with Crippen LogP contribution >= 0.6 is 0 Å². The zero-order valence-corrected chi connectivity index (χ0v) is 13.0. The molecule has 0 aliphatic carbocycles. The standard InChI is InChI=1S/C16H23N5/c1-4-11-21(12-5-2)15-13-17-19-16(18-15)20(3)14-9-7-6-8-10-14/h6-10,13H,4-5,11-12H2,1-3H3. The molecule has 0 unspecified atom stereocenters. The predicted octanol–water partition coefficient (Wildman–Crippen LogP) is 3.27. The van der Waals surface area contributed by atoms with Gasteiger partial charge in [0.1, 0.15) is 0 Å². The average molecular weight is 285 g/mol. The van der Waals surface area contributed by atoms with Gasteiger partial charge in [-0.25, -0.2) is 0 Å². The monoisotopic (exact) mass is 285 g/mol. The number of nitrogens with zero attached hydrogens (tertiary/aromatic N) is 5. The summed E-state index contributed by atoms with van der Waals surface area (Å²) >= 11 is 0. The third-order valence-electron chi connectivity index (χ3n) is 3.29. The first-order valence-electron chi connectivity index (χ1n) is 7.49. The van der Waals surface area contributed by atoms with Crippen LogP contribution in [0.1, 0.15) is 26.7 Å². The molecule has 0 saturated heterocycles. The molecular weight excluding hydrogens is 262 g/mol. The summed E-state index contributed by atoms with van der Waals surface area (Å²) in [7, 11) is 1.96. The average Bonchev–Trinajstić information content (AvgIpc) is 2.55. The van der Waals surface area contributed by atoms with Crippen molar-refractivity contribution >= 4 is 17.5 Å². The minimum Gasteiger partial charge on any atom is -0.355 e. The van der Waals surface area contributed by atoms with Crippen LogP contribution in [0.25, 0.3) is 0 Å². The van der Waals surface area contributed by atoms with Crippen LogP contribution in [-0.4, -0.2) is 35.3 Å². The van der Waals surface area contributed by atoms with Gasteiger partial charge in [0.05, 0.1) is 6.20 Å². The smallest absolute Gasteiger partial charge is 0.251 e. The fraction of sp³-hybridized carbons (Fsp3) is 0.438. The van der Waals surface area contributed by atoms with Gasteiger partial charge < -0.3 is 9.80 Å². The summed E-state index contributed by atoms with van der Waals surface area (Å²) in [5.74, 6) is 1.52. The zero-order valence-electron chi connectivity index (χ0n) is 13.0. The Kier molecular flexibility index (Phi) is 5.49. The van der Waals surface area contributed by atoms with E-state index < -0.39 is 0 Å². The highest BCUT2D eigenvalue weighted by atomic mass is 15.3. The Morgan fingerprint density at radius 3 is 2.29 bits per heavy atom. The maximum Gasteiger partial charge on any atom is 0.251 e. The summed E-state index contributed by atoms with van der Waals surface area (Å²) in [5, 5.41) is 8.28. The number of hydrogen-bond acceptors (Lipinski definition) is 5. The van der Waals surface area contributed by atoms with Crippen molar-refractivity contribution in [1.82, 2.24) is 15.2 Å². The van der Waals surface area contributed by atoms with Crippen molar-refractivity contribution < 1.29 is 0 Å². The fourth-order valence-corrected chi connectivity index (χ4v) is 2.23. The fourth-order valence-electron chi connectivity index (χ4n) is 2.23. The summed E-state index contributed by atoms with van der Waals surface area (Å²) in [6, 6.07) is 10.1. The molecule has 2 rings (SSSR count). The molecule has 0 aliphatic rings. The summed E-state index contributed by atoms with van der Waals surface area (Å²) in [5.41, 5.74) is 1.05. The first-order chi connectivity index (χ1) is 10.3. The normalized spacial score (nSPS) is 10.4. The second-order valence-corrected chi connectivity index (χ2v) is 5.00. The minimum absolute atomic E-state index is 0.621. The van der Waals surface area contributed by atoms with Gasteiger partial charge in [-0.05, 0) is 25.0 Å². The Balaban J connectivity index is 2.24. The molecule has 5 nitrogen and oxygen atoms in total. The Morgan fingerprint density at radius 1 is 1.00 bits per heavy atom. The predicted molar refractivity (Wildman–Crippen MR) is 87.1 cm³/mol. The maximum atomic E-state index is 4.66. The van der Waals surface area contributed by atoms with Gasteiger partial charge in [-0.1, -0.05) is 32.0 Å². The molecule has 0 N–H and O–H groups in total. The van der Waals surface area contributed by atoms with Gasteiger partial charge in [0.15, 0.2) is 5.82 Å². The van der Waals surface area contributed by atoms with Gasteiger partial charge in [-0.3, -0.25) is 0 Å². The number of rotatable bonds is 7. The lowest BCUT2D eigenvalue weighted by Gasteiger charge is -2.23. The second kappa shape index (κ2) is 7.57. The number of aromatic nitrogens is 3. The van der Waals surface area contributed by atoms with Gasteiger partial charge in [0.2, 0.25) is 0 Å². The van der Waals surface area contributed by atoms with E-state index in [0.29, 0.717) is 5.95 Å². The van der Waals surface area contributed by atoms with Gasteiger partial charge in [-0.2, -0.15) is 10.1 Å². The van der Waals surface area contributed by atoms with E-state index in [4.69, 9.17) is 0 Å². The minimum atomic E-state index is 0.621. The molecule has 0 atom stereocenters. The molecule has 5 heteroatoms. The Hall–Kier alpha value is -2.17. The highest BCUT2D eigenvalue weighted by Crippen LogP contribution is 2.20. The van der Waals surface area contributed by atoms with Crippen molar-refractivity contribution in [3.8, 4) is 0 Å². The molecule has 21 heavy (non-hydrogen) atoms. The molecule has 2 aromatic rings. The van der Waals surface area contributed by atoms with Crippen molar-refractivity contribution in [2.45, 2.75) is 26.7 Å². The number of hydrogen-bond donors (Lipinski definition) is 0. The first-order valence-corrected chi connectivity index (χ1v) is 7.49. The second-order valence-electron chi connectivity index (χ2n) is 5.00. The molecule has 1 heterocycles. The quantitative estimate of drug-likeness (QED) is 0.781. The van der Waals surface area contributed by atoms with Gasteiger partial charge >= 0.3 is 0 Å². The van der Waals surface area contributed by atoms with Crippen molar-refractivity contribution in [3.63, 3.8) is 0 Å². The Morgan fingerprint density at radius 2 is 1.67 bits per heavy atom. The van der Waals surface area contributed by atoms with E-state index in [9.17, 15) is 0 Å². The van der Waals surface area contributed by atoms with Crippen LogP contribution in [0.15, 0.2) is 36.5 Å². The van der Waals surface area contributed by atoms with Crippen LogP contribution in [0.2, 0.25) is 0 Å². The van der Waals surface area contributed by atoms with E-state index in [-0.39, 0.29) is 0 Å². The van der Waals surface area contributed by atoms with Crippen molar-refractivity contribution in [2.24, 2.45) is 0 Å². The SMILES string of the molecule is CCCN(CCC)c1cnnc(N(C)c2ccccc2)n1. The first kappa shape index (κ1) is 15.2. The summed E-state index contributed by atoms with van der Waals surface area (Å²) in [6.45, 7) is 6.32. The lowest BCUT2D eigenvalue weighted by Crippen LogP contribution is -2.27. The van der Waals surface area contributed by atoms with E-state index in [1.165, 1.54) is 0 Å². The summed E-state index contributed by atoms with van der Waals surface area (Å²) in [6.07, 6.45) is 3.93. The molecule has 1 aromatic carbocycles. The molecule has 0 aliphatic heterocycles. The van der Waals surface area contributed by atoms with Crippen LogP contribution in [0.5, 0.6) is 0 Å². The molecule has 112 valence electrons. The Bertz CT molecular complexity index is 537. The van der Waals surface area contributed by atoms with Crippen LogP contribution in [0, 0.1) is 0 Å². The van der Waals surface area contributed by atoms with E-state index in [2.05, 4.69) is 33.9 Å². The van der Waals surface area contributed by atoms with E-state index in [1.807, 2.05) is 42.3 Å². The molecule has 0 spiro atoms. The molecule has 0 radical (unpaired) electrons. The van der Waals surface area contributed by atoms with E-state index in [0.717, 1.165) is 37.4 Å². The van der Waals surface area contributed by atoms with Crippen LogP contribution in [0.4, 0.5) is 17.5 Å². The topological polar surface area (TPSA) is 45.2 Å². The highest BCUT2D eigenvalue weighted by Gasteiger charge is 2.12. The van der Waals surface area contributed by atoms with Gasteiger partial charge in [0, 0.05) is 25.8 Å². The highest BCUT2D eigenvalue weighted by molar-refractivity contribution is 5.56. The van der Waals surface area contributed by atoms with E-state index in [1.54, 1.807) is 6.20 Å². The zero-order chi connectivity index (χ0) is 15.1. The Labute approximate surface area is 126 Å². The molecule has 0 amide bonds. The lowest BCUT2D eigenvalue weighted by molar-refractivity contribution is 0.726. The van der Waals surface area contributed by atoms with Crippen molar-refractivity contribution in [2.75, 3.05) is 29.9 Å². The van der Waals surface area contributed by atoms with Crippen LogP contribution in [-0.2, 0) is 0 Å². The van der Waals surface area contributed by atoms with Crippen molar-refractivity contribution in [3.05, 3.63) is 36.5 Å². The van der Waals surface area contributed by atoms with Crippen LogP contribution < -0.4 is 9.80 Å². The summed E-state index contributed by atoms with van der Waals surface area (Å²) in [4.78, 5) is 8.88. The van der Waals surface area contributed by atoms with Gasteiger partial charge in [-0.15, -0.1) is 5.10 Å². The molecule has 0 bridgehead atoms. The van der Waals surface area contributed by atoms with Crippen molar-refractivity contribution in [1.29, 1.82) is 0 Å². The molecular formula is C16H23N5. The lowest BCUT2D eigenvalue weighted by atomic mass is 10.3. The number of para-hydroxylation sites is 1. The number of benzene rings is 1. The van der Waals surface area contributed by atoms with E-state index >= 15 is 0 Å². The third-order valence-corrected chi connectivity index (χ3v) is 3.29. The maximum absolute atomic E-state index is 4.66. The largest absolute Gasteiger partial charge is 0.355 e. The van der Waals surface area contributed by atoms with Gasteiger partial charge in [0.25, 0.3) is 5.95 Å². The molecule has 1 aromatic heterocycles. The molecule has 0 saturated carbocycles. The molecule has 0 fully saturated rings. The number of anilines is 3. The summed E-state index contributed by atoms with van der Waals surface area (Å²) < 4.78 is 0.